The fourth-order valence-corrected chi connectivity index (χ4v) is 1.64. The van der Waals surface area contributed by atoms with Crippen molar-refractivity contribution in [3.8, 4) is 0 Å². The third-order valence-electron chi connectivity index (χ3n) is 2.66. The zero-order chi connectivity index (χ0) is 17.6. The Kier molecular flexibility index (Phi) is 6.47. The Morgan fingerprint density at radius 2 is 2.04 bits per heavy atom. The number of aliphatic hydroxyl groups excluding tert-OH is 1. The zero-order valence-corrected chi connectivity index (χ0v) is 13.7. The molecule has 0 aliphatic heterocycles. The molecule has 2 unspecified atom stereocenters. The Hall–Kier alpha value is -2.19. The van der Waals surface area contributed by atoms with E-state index in [2.05, 4.69) is 10.3 Å². The molecule has 0 bridgehead atoms. The maximum atomic E-state index is 11.6. The van der Waals surface area contributed by atoms with Crippen LogP contribution in [0.25, 0.3) is 0 Å². The lowest BCUT2D eigenvalue weighted by atomic mass is 10.1. The maximum Gasteiger partial charge on any atom is 0.413 e. The van der Waals surface area contributed by atoms with Crippen LogP contribution in [0, 0.1) is 0 Å². The SMILES string of the molecule is CCOC(=O)C(N)C(O)c1ccc(NC(=O)OC(C)(C)C)nc1. The topological polar surface area (TPSA) is 124 Å². The Labute approximate surface area is 135 Å². The minimum Gasteiger partial charge on any atom is -0.465 e. The number of hydrogen-bond donors (Lipinski definition) is 3. The third-order valence-corrected chi connectivity index (χ3v) is 2.66. The highest BCUT2D eigenvalue weighted by Crippen LogP contribution is 2.18. The van der Waals surface area contributed by atoms with Crippen LogP contribution in [0.5, 0.6) is 0 Å². The predicted octanol–water partition coefficient (Wildman–Crippen LogP) is 1.35. The molecular weight excluding hydrogens is 302 g/mol. The number of pyridine rings is 1. The van der Waals surface area contributed by atoms with Crippen molar-refractivity contribution >= 4 is 17.9 Å². The van der Waals surface area contributed by atoms with Crippen molar-refractivity contribution in [3.05, 3.63) is 23.9 Å². The van der Waals surface area contributed by atoms with E-state index in [1.54, 1.807) is 27.7 Å². The van der Waals surface area contributed by atoms with Gasteiger partial charge in [0.1, 0.15) is 23.6 Å². The van der Waals surface area contributed by atoms with Crippen LogP contribution in [-0.2, 0) is 14.3 Å². The molecule has 2 atom stereocenters. The van der Waals surface area contributed by atoms with Crippen LogP contribution in [0.2, 0.25) is 0 Å². The molecule has 0 aliphatic carbocycles. The smallest absolute Gasteiger partial charge is 0.413 e. The van der Waals surface area contributed by atoms with Crippen LogP contribution in [-0.4, -0.2) is 40.4 Å². The van der Waals surface area contributed by atoms with Crippen LogP contribution in [0.1, 0.15) is 39.4 Å². The quantitative estimate of drug-likeness (QED) is 0.698. The van der Waals surface area contributed by atoms with Gasteiger partial charge in [0.15, 0.2) is 0 Å². The molecule has 0 spiro atoms. The summed E-state index contributed by atoms with van der Waals surface area (Å²) in [6.07, 6.45) is -0.574. The number of carbonyl (C=O) groups excluding carboxylic acids is 2. The molecule has 0 saturated heterocycles. The average molecular weight is 325 g/mol. The van der Waals surface area contributed by atoms with E-state index in [1.807, 2.05) is 0 Å². The largest absolute Gasteiger partial charge is 0.465 e. The zero-order valence-electron chi connectivity index (χ0n) is 13.7. The van der Waals surface area contributed by atoms with Crippen molar-refractivity contribution in [2.75, 3.05) is 11.9 Å². The lowest BCUT2D eigenvalue weighted by Gasteiger charge is -2.20. The third kappa shape index (κ3) is 6.21. The van der Waals surface area contributed by atoms with Crippen molar-refractivity contribution < 1.29 is 24.2 Å². The van der Waals surface area contributed by atoms with E-state index >= 15 is 0 Å². The van der Waals surface area contributed by atoms with Gasteiger partial charge in [0, 0.05) is 11.8 Å². The number of amides is 1. The van der Waals surface area contributed by atoms with E-state index in [1.165, 1.54) is 18.3 Å². The first-order valence-corrected chi connectivity index (χ1v) is 7.20. The fourth-order valence-electron chi connectivity index (χ4n) is 1.64. The summed E-state index contributed by atoms with van der Waals surface area (Å²) in [5, 5.41) is 12.5. The number of anilines is 1. The molecule has 8 heteroatoms. The van der Waals surface area contributed by atoms with Crippen LogP contribution in [0.4, 0.5) is 10.6 Å². The Morgan fingerprint density at radius 3 is 2.52 bits per heavy atom. The summed E-state index contributed by atoms with van der Waals surface area (Å²) in [7, 11) is 0. The molecule has 0 aliphatic rings. The molecule has 23 heavy (non-hydrogen) atoms. The first-order valence-electron chi connectivity index (χ1n) is 7.20. The number of aromatic nitrogens is 1. The van der Waals surface area contributed by atoms with E-state index in [4.69, 9.17) is 15.2 Å². The standard InChI is InChI=1S/C15H23N3O5/c1-5-22-13(20)11(16)12(19)9-6-7-10(17-8-9)18-14(21)23-15(2,3)4/h6-8,11-12,19H,5,16H2,1-4H3,(H,17,18,21). The Bertz CT molecular complexity index is 539. The first-order chi connectivity index (χ1) is 10.6. The highest BCUT2D eigenvalue weighted by atomic mass is 16.6. The minimum atomic E-state index is -1.25. The molecule has 1 heterocycles. The predicted molar refractivity (Wildman–Crippen MR) is 83.7 cm³/mol. The second-order valence-electron chi connectivity index (χ2n) is 5.83. The molecule has 1 amide bonds. The van der Waals surface area contributed by atoms with Gasteiger partial charge in [0.05, 0.1) is 6.61 Å². The van der Waals surface area contributed by atoms with E-state index in [0.717, 1.165) is 0 Å². The number of hydrogen-bond acceptors (Lipinski definition) is 7. The van der Waals surface area contributed by atoms with Crippen LogP contribution in [0.15, 0.2) is 18.3 Å². The molecule has 1 rings (SSSR count). The minimum absolute atomic E-state index is 0.177. The van der Waals surface area contributed by atoms with Crippen molar-refractivity contribution in [1.82, 2.24) is 4.98 Å². The van der Waals surface area contributed by atoms with Gasteiger partial charge < -0.3 is 20.3 Å². The molecule has 128 valence electrons. The number of nitrogens with zero attached hydrogens (tertiary/aromatic N) is 1. The van der Waals surface area contributed by atoms with Gasteiger partial charge in [0.25, 0.3) is 0 Å². The van der Waals surface area contributed by atoms with Crippen LogP contribution < -0.4 is 11.1 Å². The highest BCUT2D eigenvalue weighted by Gasteiger charge is 2.25. The second kappa shape index (κ2) is 7.89. The molecule has 1 aromatic rings. The summed E-state index contributed by atoms with van der Waals surface area (Å²) in [4.78, 5) is 27.1. The number of rotatable bonds is 5. The maximum absolute atomic E-state index is 11.6. The molecule has 0 aromatic carbocycles. The molecule has 0 saturated carbocycles. The number of ether oxygens (including phenoxy) is 2. The first kappa shape index (κ1) is 18.9. The van der Waals surface area contributed by atoms with Gasteiger partial charge in [-0.3, -0.25) is 10.1 Å². The molecule has 4 N–H and O–H groups in total. The van der Waals surface area contributed by atoms with Gasteiger partial charge in [-0.05, 0) is 33.8 Å². The van der Waals surface area contributed by atoms with Gasteiger partial charge in [-0.1, -0.05) is 6.07 Å². The fraction of sp³-hybridized carbons (Fsp3) is 0.533. The van der Waals surface area contributed by atoms with E-state index in [0.29, 0.717) is 5.56 Å². The number of esters is 1. The molecule has 1 aromatic heterocycles. The summed E-state index contributed by atoms with van der Waals surface area (Å²) in [5.41, 5.74) is 5.34. The van der Waals surface area contributed by atoms with Crippen LogP contribution in [0.3, 0.4) is 0 Å². The van der Waals surface area contributed by atoms with Gasteiger partial charge in [-0.15, -0.1) is 0 Å². The number of aliphatic hydroxyl groups is 1. The average Bonchev–Trinajstić information content (AvgIpc) is 2.44. The van der Waals surface area contributed by atoms with Gasteiger partial charge in [0.2, 0.25) is 0 Å². The molecule has 0 fully saturated rings. The monoisotopic (exact) mass is 325 g/mol. The van der Waals surface area contributed by atoms with Gasteiger partial charge in [-0.25, -0.2) is 9.78 Å². The van der Waals surface area contributed by atoms with Crippen LogP contribution >= 0.6 is 0 Å². The Morgan fingerprint density at radius 1 is 1.39 bits per heavy atom. The molecule has 0 radical (unpaired) electrons. The lowest BCUT2D eigenvalue weighted by Crippen LogP contribution is -2.38. The highest BCUT2D eigenvalue weighted by molar-refractivity contribution is 5.83. The number of nitrogens with two attached hydrogens (primary N) is 1. The second-order valence-corrected chi connectivity index (χ2v) is 5.83. The van der Waals surface area contributed by atoms with Crippen molar-refractivity contribution in [2.24, 2.45) is 5.73 Å². The summed E-state index contributed by atoms with van der Waals surface area (Å²) >= 11 is 0. The molecular formula is C15H23N3O5. The summed E-state index contributed by atoms with van der Waals surface area (Å²) in [6, 6.07) is 1.77. The van der Waals surface area contributed by atoms with Crippen molar-refractivity contribution in [1.29, 1.82) is 0 Å². The van der Waals surface area contributed by atoms with E-state index in [-0.39, 0.29) is 12.4 Å². The Balaban J connectivity index is 2.69. The normalized spacial score (nSPS) is 13.8. The van der Waals surface area contributed by atoms with Crippen molar-refractivity contribution in [2.45, 2.75) is 45.4 Å². The van der Waals surface area contributed by atoms with Gasteiger partial charge in [-0.2, -0.15) is 0 Å². The summed E-state index contributed by atoms with van der Waals surface area (Å²) < 4.78 is 9.85. The molecule has 8 nitrogen and oxygen atoms in total. The van der Waals surface area contributed by atoms with Gasteiger partial charge >= 0.3 is 12.1 Å². The lowest BCUT2D eigenvalue weighted by molar-refractivity contribution is -0.147. The summed E-state index contributed by atoms with van der Waals surface area (Å²) in [5.74, 6) is -0.448. The van der Waals surface area contributed by atoms with E-state index < -0.39 is 29.8 Å². The summed E-state index contributed by atoms with van der Waals surface area (Å²) in [6.45, 7) is 7.06. The number of nitrogens with one attached hydrogen (secondary N) is 1. The number of carbonyl (C=O) groups is 2. The van der Waals surface area contributed by atoms with Crippen molar-refractivity contribution in [3.63, 3.8) is 0 Å². The van der Waals surface area contributed by atoms with E-state index in [9.17, 15) is 14.7 Å².